The van der Waals surface area contributed by atoms with Gasteiger partial charge in [-0.3, -0.25) is 20.4 Å². The number of hydrogen-bond donors (Lipinski definition) is 0. The second-order valence-electron chi connectivity index (χ2n) is 9.77. The number of thiazole rings is 2. The molecule has 0 spiro atoms. The number of hydrogen-bond acceptors (Lipinski definition) is 7. The molecule has 3 fully saturated rings. The standard InChI is InChI=1S/2C12H13NS.C5H10.3CHO.CH4.3CH3.2Fe.Tc/c2*1-2-6-9(5-1)12-13-10-7-3-4-8-11(10)14-12;1-2-4-5-3-1;3*1-2;;;;;;;/h2*3-4,7-9H,1-2,5-6H2;1-5H2;3*1H;1H4;3*1H3;;;/q;;;3*-1;;3*-1;;+2;+4. The number of carbonyl (C=O) groups excluding carboxylic acids is 3. The van der Waals surface area contributed by atoms with Crippen LogP contribution in [0.5, 0.6) is 0 Å². The first-order valence-electron chi connectivity index (χ1n) is 13.8. The molecule has 2 heterocycles. The van der Waals surface area contributed by atoms with Gasteiger partial charge in [0.2, 0.25) is 0 Å². The van der Waals surface area contributed by atoms with Crippen LogP contribution in [0.15, 0.2) is 48.5 Å². The third kappa shape index (κ3) is 18.5. The van der Waals surface area contributed by atoms with Crippen molar-refractivity contribution in [1.29, 1.82) is 0 Å². The van der Waals surface area contributed by atoms with Gasteiger partial charge in [-0.05, 0) is 49.9 Å². The summed E-state index contributed by atoms with van der Waals surface area (Å²) in [5.74, 6) is 1.51. The van der Waals surface area contributed by atoms with Crippen molar-refractivity contribution < 1.29 is 68.6 Å². The van der Waals surface area contributed by atoms with E-state index in [1.165, 1.54) is 114 Å². The largest absolute Gasteiger partial charge is 4.00 e. The Kier molecular flexibility index (Phi) is 43.8. The molecule has 46 heavy (non-hydrogen) atoms. The van der Waals surface area contributed by atoms with E-state index in [9.17, 15) is 0 Å². The first-order chi connectivity index (χ1) is 19.4. The van der Waals surface area contributed by atoms with Crippen LogP contribution in [0.25, 0.3) is 20.4 Å². The summed E-state index contributed by atoms with van der Waals surface area (Å²) in [4.78, 5) is 32.7. The number of rotatable bonds is 2. The monoisotopic (exact) mass is 833 g/mol. The van der Waals surface area contributed by atoms with Gasteiger partial charge in [-0.2, -0.15) is 0 Å². The fourth-order valence-corrected chi connectivity index (χ4v) is 7.63. The van der Waals surface area contributed by atoms with Crippen molar-refractivity contribution in [3.05, 3.63) is 80.8 Å². The maximum atomic E-state index is 7.75. The van der Waals surface area contributed by atoms with Crippen LogP contribution in [-0.2, 0) is 68.6 Å². The van der Waals surface area contributed by atoms with Gasteiger partial charge in [0.15, 0.2) is 0 Å². The predicted octanol–water partition coefficient (Wildman–Crippen LogP) is 11.0. The fourth-order valence-electron chi connectivity index (χ4n) is 5.36. The molecule has 259 valence electrons. The maximum Gasteiger partial charge on any atom is 4.00 e. The molecule has 3 aliphatic rings. The van der Waals surface area contributed by atoms with E-state index < -0.39 is 0 Å². The quantitative estimate of drug-likeness (QED) is 0.114. The molecule has 0 atom stereocenters. The van der Waals surface area contributed by atoms with E-state index in [4.69, 9.17) is 24.4 Å². The zero-order valence-corrected chi connectivity index (χ0v) is 32.4. The van der Waals surface area contributed by atoms with Crippen molar-refractivity contribution in [2.75, 3.05) is 0 Å². The van der Waals surface area contributed by atoms with E-state index >= 15 is 0 Å². The molecule has 0 N–H and O–H groups in total. The van der Waals surface area contributed by atoms with E-state index in [1.54, 1.807) is 0 Å². The second-order valence-corrected chi connectivity index (χ2v) is 11.9. The van der Waals surface area contributed by atoms with Crippen molar-refractivity contribution in [3.63, 3.8) is 0 Å². The van der Waals surface area contributed by atoms with Crippen LogP contribution in [0.1, 0.15) is 113 Å². The van der Waals surface area contributed by atoms with E-state index in [-0.39, 0.29) is 83.9 Å². The van der Waals surface area contributed by atoms with E-state index in [2.05, 4.69) is 68.9 Å². The normalized spacial score (nSPS) is 13.8. The van der Waals surface area contributed by atoms with Gasteiger partial charge in [-0.25, -0.2) is 9.97 Å². The molecule has 4 aromatic rings. The minimum absolute atomic E-state index is 0. The summed E-state index contributed by atoms with van der Waals surface area (Å²) < 4.78 is 2.68. The second kappa shape index (κ2) is 35.2. The molecule has 0 bridgehead atoms. The van der Waals surface area contributed by atoms with Crippen LogP contribution in [-0.4, -0.2) is 30.3 Å². The van der Waals surface area contributed by atoms with Gasteiger partial charge < -0.3 is 36.7 Å². The van der Waals surface area contributed by atoms with Gasteiger partial charge in [0, 0.05) is 28.9 Å². The molecule has 0 amide bonds. The Morgan fingerprint density at radius 3 is 1.04 bits per heavy atom. The molecule has 2 aromatic carbocycles. The molecular weight excluding hydrogens is 782 g/mol. The summed E-state index contributed by atoms with van der Waals surface area (Å²) in [6, 6.07) is 16.9. The van der Waals surface area contributed by atoms with Crippen molar-refractivity contribution in [2.24, 2.45) is 0 Å². The molecule has 5 nitrogen and oxygen atoms in total. The molecule has 3 aliphatic carbocycles. The average Bonchev–Trinajstić information content (AvgIpc) is 3.86. The molecule has 1 radical (unpaired) electrons. The number of benzene rings is 2. The Morgan fingerprint density at radius 1 is 0.522 bits per heavy atom. The van der Waals surface area contributed by atoms with Crippen LogP contribution in [0, 0.1) is 22.3 Å². The van der Waals surface area contributed by atoms with Crippen molar-refractivity contribution in [1.82, 2.24) is 9.97 Å². The van der Waals surface area contributed by atoms with Gasteiger partial charge in [0.05, 0.1) is 30.4 Å². The molecule has 0 unspecified atom stereocenters. The fraction of sp³-hybridized carbons (Fsp3) is 0.444. The summed E-state index contributed by atoms with van der Waals surface area (Å²) in [6.45, 7) is 9.75. The molecule has 2 aromatic heterocycles. The van der Waals surface area contributed by atoms with E-state index in [0.29, 0.717) is 0 Å². The third-order valence-corrected chi connectivity index (χ3v) is 9.68. The predicted molar refractivity (Wildman–Crippen MR) is 191 cm³/mol. The topological polar surface area (TPSA) is 77.0 Å². The molecule has 0 saturated heterocycles. The SMILES string of the molecule is C.C1CCCC1.[CH-]=O.[CH-]=O.[CH-]=O.[CH3-].[CH3-].[CH3-].[Fe+2].[Fe].[Tc+4].c1ccc2sc(C3CCCC3)nc2c1.c1ccc2sc(C3CCCC3)nc2c1. The number of fused-ring (bicyclic) bond motifs is 2. The Labute approximate surface area is 323 Å². The van der Waals surface area contributed by atoms with Crippen LogP contribution >= 0.6 is 22.7 Å². The minimum atomic E-state index is 0. The summed E-state index contributed by atoms with van der Waals surface area (Å²) >= 11 is 3.77. The number of para-hydroxylation sites is 2. The summed E-state index contributed by atoms with van der Waals surface area (Å²) in [6.07, 6.45) is 18.4. The molecule has 10 heteroatoms. The first kappa shape index (κ1) is 57.2. The van der Waals surface area contributed by atoms with Crippen molar-refractivity contribution in [3.8, 4) is 0 Å². The molecule has 0 aliphatic heterocycles. The van der Waals surface area contributed by atoms with E-state index in [1.807, 2.05) is 22.7 Å². The number of nitrogens with zero attached hydrogens (tertiary/aromatic N) is 2. The van der Waals surface area contributed by atoms with E-state index in [0.717, 1.165) is 11.8 Å². The van der Waals surface area contributed by atoms with Crippen LogP contribution < -0.4 is 0 Å². The van der Waals surface area contributed by atoms with Crippen LogP contribution in [0.2, 0.25) is 0 Å². The number of aromatic nitrogens is 2. The zero-order valence-electron chi connectivity index (χ0n) is 26.7. The van der Waals surface area contributed by atoms with Crippen molar-refractivity contribution in [2.45, 2.75) is 103 Å². The summed E-state index contributed by atoms with van der Waals surface area (Å²) in [5, 5.41) is 2.73. The Morgan fingerprint density at radius 2 is 0.783 bits per heavy atom. The Hall–Kier alpha value is -1.08. The maximum absolute atomic E-state index is 7.75. The molecule has 3 saturated carbocycles. The zero-order chi connectivity index (χ0) is 28.3. The van der Waals surface area contributed by atoms with Crippen LogP contribution in [0.3, 0.4) is 0 Å². The van der Waals surface area contributed by atoms with Gasteiger partial charge in [-0.15, -0.1) is 22.7 Å². The Bertz CT molecular complexity index is 1050. The minimum Gasteiger partial charge on any atom is -0.545 e. The van der Waals surface area contributed by atoms with Gasteiger partial charge in [0.25, 0.3) is 0 Å². The summed E-state index contributed by atoms with van der Waals surface area (Å²) in [5.41, 5.74) is 2.36. The van der Waals surface area contributed by atoms with Crippen LogP contribution in [0.4, 0.5) is 0 Å². The van der Waals surface area contributed by atoms with Gasteiger partial charge in [0.1, 0.15) is 0 Å². The molecular formula is C36H52Fe2N2O3S2Tc. The first-order valence-corrected chi connectivity index (χ1v) is 15.4. The average molecular weight is 835 g/mol. The molecule has 7 rings (SSSR count). The third-order valence-electron chi connectivity index (χ3n) is 7.28. The van der Waals surface area contributed by atoms with Gasteiger partial charge in [-0.1, -0.05) is 89.5 Å². The Balaban J connectivity index is -0.000000119. The van der Waals surface area contributed by atoms with Gasteiger partial charge >= 0.3 is 37.2 Å². The smallest absolute Gasteiger partial charge is 0.545 e. The van der Waals surface area contributed by atoms with Crippen molar-refractivity contribution >= 4 is 63.5 Å². The summed E-state index contributed by atoms with van der Waals surface area (Å²) in [7, 11) is 0.